The van der Waals surface area contributed by atoms with Gasteiger partial charge in [0.05, 0.1) is 0 Å². The summed E-state index contributed by atoms with van der Waals surface area (Å²) in [6.07, 6.45) is 0. The first kappa shape index (κ1) is 11.7. The third-order valence-corrected chi connectivity index (χ3v) is 0.590. The summed E-state index contributed by atoms with van der Waals surface area (Å²) in [6.45, 7) is 5.98. The summed E-state index contributed by atoms with van der Waals surface area (Å²) in [4.78, 5) is 17.3. The van der Waals surface area contributed by atoms with Crippen LogP contribution in [-0.2, 0) is 9.63 Å². The summed E-state index contributed by atoms with van der Waals surface area (Å²) in [5.41, 5.74) is 2.26. The number of carbonyl (C=O) groups is 1. The van der Waals surface area contributed by atoms with E-state index in [1.54, 1.807) is 14.0 Å². The molecule has 0 unspecified atom stereocenters. The average Bonchev–Trinajstić information content (AvgIpc) is 2.04. The average molecular weight is 146 g/mol. The topological polar surface area (TPSA) is 50.7 Å². The van der Waals surface area contributed by atoms with Crippen molar-refractivity contribution in [2.45, 2.75) is 20.8 Å². The molecule has 10 heavy (non-hydrogen) atoms. The van der Waals surface area contributed by atoms with Crippen LogP contribution in [0.1, 0.15) is 20.8 Å². The molecule has 4 nitrogen and oxygen atoms in total. The molecule has 0 bridgehead atoms. The summed E-state index contributed by atoms with van der Waals surface area (Å²) >= 11 is 0. The zero-order valence-electron chi connectivity index (χ0n) is 6.84. The Bertz CT molecular complexity index is 102. The fourth-order valence-electron chi connectivity index (χ4n) is 0.155. The van der Waals surface area contributed by atoms with Gasteiger partial charge < -0.3 is 4.84 Å². The van der Waals surface area contributed by atoms with Crippen molar-refractivity contribution in [2.24, 2.45) is 4.99 Å². The van der Waals surface area contributed by atoms with Crippen LogP contribution >= 0.6 is 0 Å². The number of nitrogens with zero attached hydrogens (tertiary/aromatic N) is 1. The first-order valence-corrected chi connectivity index (χ1v) is 3.10. The minimum absolute atomic E-state index is 0.300. The van der Waals surface area contributed by atoms with Crippen LogP contribution in [0.15, 0.2) is 4.99 Å². The second kappa shape index (κ2) is 10.8. The molecule has 0 aliphatic heterocycles. The van der Waals surface area contributed by atoms with Crippen molar-refractivity contribution < 1.29 is 9.63 Å². The number of hydrogen-bond acceptors (Lipinski definition) is 3. The normalized spacial score (nSPS) is 9.00. The standard InChI is InChI=1S/C4H8N2O2.C2H6/c1-4(5-2)6-8-3-7;1-2/h3H,1-2H3,(H,5,6);1-2H3. The van der Waals surface area contributed by atoms with E-state index in [4.69, 9.17) is 0 Å². The number of nitrogens with one attached hydrogen (secondary N) is 1. The smallest absolute Gasteiger partial charge is 0.320 e. The van der Waals surface area contributed by atoms with Crippen molar-refractivity contribution in [2.75, 3.05) is 7.05 Å². The lowest BCUT2D eigenvalue weighted by atomic mass is 10.7. The van der Waals surface area contributed by atoms with Crippen LogP contribution in [0.4, 0.5) is 0 Å². The first-order chi connectivity index (χ1) is 4.81. The molecule has 0 fully saturated rings. The number of rotatable bonds is 2. The molecule has 0 aromatic heterocycles. The van der Waals surface area contributed by atoms with E-state index in [0.717, 1.165) is 0 Å². The lowest BCUT2D eigenvalue weighted by molar-refractivity contribution is -0.132. The molecule has 0 heterocycles. The molecule has 0 atom stereocenters. The minimum atomic E-state index is 0.300. The predicted molar refractivity (Wildman–Crippen MR) is 40.7 cm³/mol. The van der Waals surface area contributed by atoms with Crippen LogP contribution in [-0.4, -0.2) is 19.4 Å². The molecule has 0 saturated carbocycles. The third-order valence-electron chi connectivity index (χ3n) is 0.590. The molecule has 0 aliphatic rings. The Morgan fingerprint density at radius 2 is 2.10 bits per heavy atom. The minimum Gasteiger partial charge on any atom is -0.346 e. The molecule has 0 radical (unpaired) electrons. The van der Waals surface area contributed by atoms with E-state index < -0.39 is 0 Å². The molecule has 0 aliphatic carbocycles. The van der Waals surface area contributed by atoms with Gasteiger partial charge in [0.15, 0.2) is 0 Å². The van der Waals surface area contributed by atoms with Crippen LogP contribution in [0.25, 0.3) is 0 Å². The Labute approximate surface area is 61.2 Å². The van der Waals surface area contributed by atoms with Crippen LogP contribution in [0.5, 0.6) is 0 Å². The quantitative estimate of drug-likeness (QED) is 0.270. The maximum Gasteiger partial charge on any atom is 0.320 e. The Hall–Kier alpha value is -1.06. The highest BCUT2D eigenvalue weighted by Gasteiger charge is 1.81. The zero-order chi connectivity index (χ0) is 8.41. The van der Waals surface area contributed by atoms with E-state index >= 15 is 0 Å². The van der Waals surface area contributed by atoms with Crippen LogP contribution < -0.4 is 5.48 Å². The van der Waals surface area contributed by atoms with Crippen LogP contribution in [0, 0.1) is 0 Å². The second-order valence-electron chi connectivity index (χ2n) is 1.13. The highest BCUT2D eigenvalue weighted by atomic mass is 16.7. The monoisotopic (exact) mass is 146 g/mol. The molecule has 1 N–H and O–H groups in total. The number of hydrogen-bond donors (Lipinski definition) is 1. The Morgan fingerprint density at radius 1 is 1.60 bits per heavy atom. The molecular formula is C6H14N2O2. The molecule has 0 aromatic rings. The molecule has 0 saturated heterocycles. The molecule has 4 heteroatoms. The van der Waals surface area contributed by atoms with Gasteiger partial charge in [0.1, 0.15) is 5.84 Å². The molecule has 0 rings (SSSR count). The van der Waals surface area contributed by atoms with Gasteiger partial charge in [-0.25, -0.2) is 5.48 Å². The van der Waals surface area contributed by atoms with Crippen molar-refractivity contribution in [3.63, 3.8) is 0 Å². The van der Waals surface area contributed by atoms with Crippen molar-refractivity contribution in [1.29, 1.82) is 0 Å². The van der Waals surface area contributed by atoms with E-state index in [2.05, 4.69) is 15.3 Å². The maximum atomic E-state index is 9.49. The van der Waals surface area contributed by atoms with Gasteiger partial charge in [-0.2, -0.15) is 0 Å². The molecular weight excluding hydrogens is 132 g/mol. The Balaban J connectivity index is 0. The van der Waals surface area contributed by atoms with Gasteiger partial charge in [0, 0.05) is 7.05 Å². The largest absolute Gasteiger partial charge is 0.346 e. The molecule has 0 spiro atoms. The van der Waals surface area contributed by atoms with E-state index in [-0.39, 0.29) is 0 Å². The second-order valence-corrected chi connectivity index (χ2v) is 1.13. The third kappa shape index (κ3) is 10.0. The number of amidine groups is 1. The van der Waals surface area contributed by atoms with Crippen LogP contribution in [0.2, 0.25) is 0 Å². The summed E-state index contributed by atoms with van der Waals surface area (Å²) in [5.74, 6) is 0.567. The molecule has 0 amide bonds. The van der Waals surface area contributed by atoms with Gasteiger partial charge in [-0.05, 0) is 6.92 Å². The lowest BCUT2D eigenvalue weighted by Gasteiger charge is -1.96. The maximum absolute atomic E-state index is 9.49. The SMILES string of the molecule is CC.CN=C(C)NOC=O. The van der Waals surface area contributed by atoms with E-state index in [1.807, 2.05) is 13.8 Å². The fourth-order valence-corrected chi connectivity index (χ4v) is 0.155. The van der Waals surface area contributed by atoms with E-state index in [0.29, 0.717) is 12.3 Å². The summed E-state index contributed by atoms with van der Waals surface area (Å²) in [5, 5.41) is 0. The summed E-state index contributed by atoms with van der Waals surface area (Å²) < 4.78 is 0. The van der Waals surface area contributed by atoms with Gasteiger partial charge in [-0.15, -0.1) is 0 Å². The van der Waals surface area contributed by atoms with E-state index in [9.17, 15) is 4.79 Å². The number of hydroxylamine groups is 1. The van der Waals surface area contributed by atoms with Gasteiger partial charge in [-0.3, -0.25) is 9.79 Å². The van der Waals surface area contributed by atoms with Gasteiger partial charge in [-0.1, -0.05) is 13.8 Å². The molecule has 0 aromatic carbocycles. The van der Waals surface area contributed by atoms with E-state index in [1.165, 1.54) is 0 Å². The first-order valence-electron chi connectivity index (χ1n) is 3.10. The lowest BCUT2D eigenvalue weighted by Crippen LogP contribution is -2.19. The highest BCUT2D eigenvalue weighted by molar-refractivity contribution is 5.78. The van der Waals surface area contributed by atoms with Gasteiger partial charge in [0.25, 0.3) is 0 Å². The predicted octanol–water partition coefficient (Wildman–Crippen LogP) is 0.738. The number of carbonyl (C=O) groups excluding carboxylic acids is 1. The fraction of sp³-hybridized carbons (Fsp3) is 0.667. The Morgan fingerprint density at radius 3 is 2.40 bits per heavy atom. The zero-order valence-corrected chi connectivity index (χ0v) is 6.84. The van der Waals surface area contributed by atoms with Gasteiger partial charge in [0.2, 0.25) is 0 Å². The summed E-state index contributed by atoms with van der Waals surface area (Å²) in [6, 6.07) is 0. The molecule has 60 valence electrons. The number of aliphatic imine (C=N–C) groups is 1. The highest BCUT2D eigenvalue weighted by Crippen LogP contribution is 1.64. The van der Waals surface area contributed by atoms with Crippen LogP contribution in [0.3, 0.4) is 0 Å². The van der Waals surface area contributed by atoms with Crippen molar-refractivity contribution in [3.05, 3.63) is 0 Å². The van der Waals surface area contributed by atoms with Crippen molar-refractivity contribution in [1.82, 2.24) is 5.48 Å². The van der Waals surface area contributed by atoms with Crippen molar-refractivity contribution in [3.8, 4) is 0 Å². The van der Waals surface area contributed by atoms with Gasteiger partial charge >= 0.3 is 6.47 Å². The Kier molecular flexibility index (Phi) is 12.7. The summed E-state index contributed by atoms with van der Waals surface area (Å²) in [7, 11) is 1.59. The van der Waals surface area contributed by atoms with Crippen molar-refractivity contribution >= 4 is 12.3 Å².